The second-order valence-corrected chi connectivity index (χ2v) is 4.25. The highest BCUT2D eigenvalue weighted by molar-refractivity contribution is 8.03. The summed E-state index contributed by atoms with van der Waals surface area (Å²) in [6, 6.07) is 0. The number of rotatable bonds is 2. The van der Waals surface area contributed by atoms with Crippen molar-refractivity contribution in [1.29, 1.82) is 0 Å². The van der Waals surface area contributed by atoms with Gasteiger partial charge >= 0.3 is 0 Å². The molecule has 0 aromatic rings. The minimum atomic E-state index is 0.0571. The molecule has 0 saturated carbocycles. The van der Waals surface area contributed by atoms with Crippen LogP contribution in [0.15, 0.2) is 11.6 Å². The molecule has 1 aliphatic heterocycles. The van der Waals surface area contributed by atoms with Crippen molar-refractivity contribution in [1.82, 2.24) is 5.32 Å². The van der Waals surface area contributed by atoms with Gasteiger partial charge < -0.3 is 5.32 Å². The Hall–Kier alpha value is 0.180. The third-order valence-corrected chi connectivity index (χ3v) is 3.81. The number of nitrogens with one attached hydrogen (secondary N) is 1. The molecule has 0 radical (unpaired) electrons. The number of halogens is 1. The monoisotopic (exact) mass is 177 g/mol. The minimum Gasteiger partial charge on any atom is -0.375 e. The van der Waals surface area contributed by atoms with E-state index in [0.717, 1.165) is 0 Å². The highest BCUT2D eigenvalue weighted by Crippen LogP contribution is 2.35. The van der Waals surface area contributed by atoms with E-state index in [-0.39, 0.29) is 4.87 Å². The molecule has 1 aliphatic rings. The standard InChI is InChI=1S/C7H12ClNS/c1-6(2)7(5-8)9-3-4-10-7/h3-4,6,9H,5H2,1-2H3. The van der Waals surface area contributed by atoms with Gasteiger partial charge in [-0.2, -0.15) is 0 Å². The predicted molar refractivity (Wildman–Crippen MR) is 48.2 cm³/mol. The van der Waals surface area contributed by atoms with Crippen LogP contribution in [0, 0.1) is 5.92 Å². The Labute approximate surface area is 71.2 Å². The third-order valence-electron chi connectivity index (χ3n) is 1.81. The Kier molecular flexibility index (Phi) is 2.53. The summed E-state index contributed by atoms with van der Waals surface area (Å²) < 4.78 is 0. The van der Waals surface area contributed by atoms with Gasteiger partial charge in [0.05, 0.1) is 5.88 Å². The molecule has 1 nitrogen and oxygen atoms in total. The van der Waals surface area contributed by atoms with E-state index in [0.29, 0.717) is 11.8 Å². The van der Waals surface area contributed by atoms with Crippen molar-refractivity contribution >= 4 is 23.4 Å². The summed E-state index contributed by atoms with van der Waals surface area (Å²) in [6.45, 7) is 4.35. The van der Waals surface area contributed by atoms with Gasteiger partial charge in [-0.25, -0.2) is 0 Å². The van der Waals surface area contributed by atoms with E-state index in [1.807, 2.05) is 6.20 Å². The van der Waals surface area contributed by atoms with Crippen molar-refractivity contribution in [2.45, 2.75) is 18.7 Å². The average Bonchev–Trinajstić information content (AvgIpc) is 2.35. The number of thioether (sulfide) groups is 1. The Morgan fingerprint density at radius 2 is 2.40 bits per heavy atom. The first-order chi connectivity index (χ1) is 4.71. The van der Waals surface area contributed by atoms with Crippen LogP contribution in [0.5, 0.6) is 0 Å². The summed E-state index contributed by atoms with van der Waals surface area (Å²) in [5.74, 6) is 1.22. The molecule has 0 spiro atoms. The number of hydrogen-bond donors (Lipinski definition) is 1. The third kappa shape index (κ3) is 1.28. The van der Waals surface area contributed by atoms with Gasteiger partial charge in [-0.1, -0.05) is 13.8 Å². The molecule has 1 heterocycles. The van der Waals surface area contributed by atoms with E-state index < -0.39 is 0 Å². The second kappa shape index (κ2) is 3.05. The van der Waals surface area contributed by atoms with Gasteiger partial charge in [0.15, 0.2) is 0 Å². The van der Waals surface area contributed by atoms with E-state index in [4.69, 9.17) is 11.6 Å². The molecule has 10 heavy (non-hydrogen) atoms. The van der Waals surface area contributed by atoms with Crippen LogP contribution in [0.25, 0.3) is 0 Å². The summed E-state index contributed by atoms with van der Waals surface area (Å²) in [5, 5.41) is 5.33. The molecule has 0 bridgehead atoms. The summed E-state index contributed by atoms with van der Waals surface area (Å²) in [5.41, 5.74) is 0. The van der Waals surface area contributed by atoms with Crippen molar-refractivity contribution < 1.29 is 0 Å². The molecule has 0 aromatic carbocycles. The highest BCUT2D eigenvalue weighted by atomic mass is 35.5. The fourth-order valence-electron chi connectivity index (χ4n) is 0.892. The smallest absolute Gasteiger partial charge is 0.103 e. The SMILES string of the molecule is CC(C)C1(CCl)NC=CS1. The van der Waals surface area contributed by atoms with Gasteiger partial charge in [-0.15, -0.1) is 23.4 Å². The van der Waals surface area contributed by atoms with Crippen molar-refractivity contribution in [2.75, 3.05) is 5.88 Å². The lowest BCUT2D eigenvalue weighted by Gasteiger charge is -2.30. The second-order valence-electron chi connectivity index (χ2n) is 2.74. The molecule has 0 aliphatic carbocycles. The maximum atomic E-state index is 5.84. The maximum absolute atomic E-state index is 5.84. The normalized spacial score (nSPS) is 31.2. The molecule has 1 rings (SSSR count). The largest absolute Gasteiger partial charge is 0.375 e. The molecular weight excluding hydrogens is 166 g/mol. The Morgan fingerprint density at radius 3 is 2.60 bits per heavy atom. The lowest BCUT2D eigenvalue weighted by molar-refractivity contribution is 0.439. The van der Waals surface area contributed by atoms with Gasteiger partial charge in [0.2, 0.25) is 0 Å². The zero-order valence-corrected chi connectivity index (χ0v) is 7.80. The summed E-state index contributed by atoms with van der Waals surface area (Å²) in [7, 11) is 0. The van der Waals surface area contributed by atoms with Crippen LogP contribution in [-0.2, 0) is 0 Å². The molecule has 58 valence electrons. The van der Waals surface area contributed by atoms with Crippen molar-refractivity contribution in [2.24, 2.45) is 5.92 Å². The van der Waals surface area contributed by atoms with Crippen LogP contribution in [0.2, 0.25) is 0 Å². The van der Waals surface area contributed by atoms with Crippen LogP contribution in [-0.4, -0.2) is 10.8 Å². The molecular formula is C7H12ClNS. The predicted octanol–water partition coefficient (Wildman–Crippen LogP) is 2.39. The van der Waals surface area contributed by atoms with Crippen molar-refractivity contribution in [3.8, 4) is 0 Å². The molecule has 1 unspecified atom stereocenters. The van der Waals surface area contributed by atoms with Crippen LogP contribution < -0.4 is 5.32 Å². The Morgan fingerprint density at radius 1 is 1.70 bits per heavy atom. The van der Waals surface area contributed by atoms with Gasteiger partial charge in [-0.3, -0.25) is 0 Å². The summed E-state index contributed by atoms with van der Waals surface area (Å²) >= 11 is 7.61. The summed E-state index contributed by atoms with van der Waals surface area (Å²) in [6.07, 6.45) is 1.97. The maximum Gasteiger partial charge on any atom is 0.103 e. The van der Waals surface area contributed by atoms with Gasteiger partial charge in [0, 0.05) is 6.20 Å². The molecule has 0 saturated heterocycles. The highest BCUT2D eigenvalue weighted by Gasteiger charge is 2.33. The topological polar surface area (TPSA) is 12.0 Å². The van der Waals surface area contributed by atoms with Crippen LogP contribution >= 0.6 is 23.4 Å². The Balaban J connectivity index is 2.61. The van der Waals surface area contributed by atoms with Crippen molar-refractivity contribution in [3.63, 3.8) is 0 Å². The molecule has 1 N–H and O–H groups in total. The van der Waals surface area contributed by atoms with Gasteiger partial charge in [0.1, 0.15) is 4.87 Å². The zero-order valence-electron chi connectivity index (χ0n) is 6.23. The molecule has 0 fully saturated rings. The van der Waals surface area contributed by atoms with Gasteiger partial charge in [0.25, 0.3) is 0 Å². The molecule has 0 aromatic heterocycles. The lowest BCUT2D eigenvalue weighted by atomic mass is 10.1. The minimum absolute atomic E-state index is 0.0571. The molecule has 3 heteroatoms. The Bertz CT molecular complexity index is 137. The van der Waals surface area contributed by atoms with E-state index in [1.165, 1.54) is 0 Å². The van der Waals surface area contributed by atoms with Crippen LogP contribution in [0.3, 0.4) is 0 Å². The number of alkyl halides is 1. The zero-order chi connectivity index (χ0) is 7.61. The van der Waals surface area contributed by atoms with E-state index in [1.54, 1.807) is 11.8 Å². The molecule has 1 atom stereocenters. The fourth-order valence-corrected chi connectivity index (χ4v) is 2.32. The van der Waals surface area contributed by atoms with Crippen LogP contribution in [0.1, 0.15) is 13.8 Å². The first-order valence-corrected chi connectivity index (χ1v) is 4.79. The quantitative estimate of drug-likeness (QED) is 0.651. The van der Waals surface area contributed by atoms with Gasteiger partial charge in [-0.05, 0) is 11.3 Å². The van der Waals surface area contributed by atoms with E-state index in [2.05, 4.69) is 24.6 Å². The summed E-state index contributed by atoms with van der Waals surface area (Å²) in [4.78, 5) is 0.0571. The first-order valence-electron chi connectivity index (χ1n) is 3.38. The van der Waals surface area contributed by atoms with E-state index in [9.17, 15) is 0 Å². The van der Waals surface area contributed by atoms with Crippen molar-refractivity contribution in [3.05, 3.63) is 11.6 Å². The van der Waals surface area contributed by atoms with Crippen LogP contribution in [0.4, 0.5) is 0 Å². The van der Waals surface area contributed by atoms with E-state index >= 15 is 0 Å². The first kappa shape index (κ1) is 8.28. The molecule has 0 amide bonds. The average molecular weight is 178 g/mol. The lowest BCUT2D eigenvalue weighted by Crippen LogP contribution is -2.42. The number of hydrogen-bond acceptors (Lipinski definition) is 2. The fraction of sp³-hybridized carbons (Fsp3) is 0.714.